The third-order valence-corrected chi connectivity index (χ3v) is 4.89. The van der Waals surface area contributed by atoms with Crippen LogP contribution in [0.1, 0.15) is 23.6 Å². The fourth-order valence-electron chi connectivity index (χ4n) is 3.41. The molecule has 0 spiro atoms. The van der Waals surface area contributed by atoms with Crippen LogP contribution in [-0.2, 0) is 15.8 Å². The molecule has 2 heterocycles. The van der Waals surface area contributed by atoms with Crippen LogP contribution < -0.4 is 10.6 Å². The molecule has 0 saturated heterocycles. The van der Waals surface area contributed by atoms with Gasteiger partial charge < -0.3 is 10.6 Å². The third kappa shape index (κ3) is 3.66. The third-order valence-electron chi connectivity index (χ3n) is 4.89. The average molecular weight is 414 g/mol. The van der Waals surface area contributed by atoms with Crippen LogP contribution in [0.4, 0.5) is 24.7 Å². The van der Waals surface area contributed by atoms with Crippen molar-refractivity contribution in [3.05, 3.63) is 65.7 Å². The van der Waals surface area contributed by atoms with Gasteiger partial charge in [0.2, 0.25) is 11.8 Å². The van der Waals surface area contributed by atoms with E-state index in [0.29, 0.717) is 17.1 Å². The highest BCUT2D eigenvalue weighted by Gasteiger charge is 2.35. The second-order valence-electron chi connectivity index (χ2n) is 6.97. The molecule has 9 heteroatoms. The molecule has 30 heavy (non-hydrogen) atoms. The summed E-state index contributed by atoms with van der Waals surface area (Å²) in [6.07, 6.45) is -4.70. The summed E-state index contributed by atoms with van der Waals surface area (Å²) in [7, 11) is 0. The number of anilines is 2. The molecule has 2 N–H and O–H groups in total. The Balaban J connectivity index is 1.66. The highest BCUT2D eigenvalue weighted by molar-refractivity contribution is 6.02. The maximum Gasteiger partial charge on any atom is 0.416 e. The standard InChI is InChI=1S/C21H17F3N4O2/c1-12-18(13-6-3-2-4-7-13)27-28-16(11-17(29)26-19(12)28)20(30)25-15-9-5-8-14(10-15)21(22,23)24/h2-10,16H,11H2,1H3,(H,25,30)(H,26,29)/t16-/m0/s1. The van der Waals surface area contributed by atoms with E-state index in [1.165, 1.54) is 16.8 Å². The van der Waals surface area contributed by atoms with E-state index in [9.17, 15) is 22.8 Å². The summed E-state index contributed by atoms with van der Waals surface area (Å²) >= 11 is 0. The smallest absolute Gasteiger partial charge is 0.324 e. The molecule has 0 saturated carbocycles. The molecule has 0 bridgehead atoms. The average Bonchev–Trinajstić information content (AvgIpc) is 3.04. The van der Waals surface area contributed by atoms with Gasteiger partial charge in [-0.15, -0.1) is 0 Å². The zero-order valence-corrected chi connectivity index (χ0v) is 15.8. The highest BCUT2D eigenvalue weighted by atomic mass is 19.4. The van der Waals surface area contributed by atoms with E-state index < -0.39 is 23.7 Å². The molecule has 1 atom stereocenters. The zero-order chi connectivity index (χ0) is 21.5. The van der Waals surface area contributed by atoms with Crippen LogP contribution >= 0.6 is 0 Å². The van der Waals surface area contributed by atoms with Crippen LogP contribution in [-0.4, -0.2) is 21.6 Å². The van der Waals surface area contributed by atoms with Crippen molar-refractivity contribution in [1.82, 2.24) is 9.78 Å². The number of amides is 2. The van der Waals surface area contributed by atoms with E-state index in [1.54, 1.807) is 6.92 Å². The molecular formula is C21H17F3N4O2. The number of carbonyl (C=O) groups excluding carboxylic acids is 2. The van der Waals surface area contributed by atoms with Gasteiger partial charge in [-0.05, 0) is 25.1 Å². The van der Waals surface area contributed by atoms with E-state index in [2.05, 4.69) is 15.7 Å². The fraction of sp³-hybridized carbons (Fsp3) is 0.190. The maximum atomic E-state index is 12.9. The molecule has 2 aromatic carbocycles. The lowest BCUT2D eigenvalue weighted by Crippen LogP contribution is -2.36. The Bertz CT molecular complexity index is 1120. The van der Waals surface area contributed by atoms with Gasteiger partial charge in [0.1, 0.15) is 11.9 Å². The normalized spacial score (nSPS) is 16.0. The first-order valence-electron chi connectivity index (χ1n) is 9.16. The number of nitrogens with zero attached hydrogens (tertiary/aromatic N) is 2. The van der Waals surface area contributed by atoms with Crippen molar-refractivity contribution in [1.29, 1.82) is 0 Å². The van der Waals surface area contributed by atoms with Crippen LogP contribution in [0.3, 0.4) is 0 Å². The molecule has 154 valence electrons. The molecule has 0 unspecified atom stereocenters. The number of aromatic nitrogens is 2. The summed E-state index contributed by atoms with van der Waals surface area (Å²) in [6, 6.07) is 12.6. The topological polar surface area (TPSA) is 76.0 Å². The number of rotatable bonds is 3. The van der Waals surface area contributed by atoms with Crippen molar-refractivity contribution < 1.29 is 22.8 Å². The van der Waals surface area contributed by atoms with Crippen LogP contribution in [0, 0.1) is 6.92 Å². The first kappa shape index (κ1) is 19.7. The fourth-order valence-corrected chi connectivity index (χ4v) is 3.41. The summed E-state index contributed by atoms with van der Waals surface area (Å²) in [5, 5.41) is 9.72. The Morgan fingerprint density at radius 3 is 2.60 bits per heavy atom. The van der Waals surface area contributed by atoms with E-state index >= 15 is 0 Å². The minimum Gasteiger partial charge on any atom is -0.324 e. The van der Waals surface area contributed by atoms with E-state index in [-0.39, 0.29) is 18.0 Å². The first-order valence-corrected chi connectivity index (χ1v) is 9.16. The summed E-state index contributed by atoms with van der Waals surface area (Å²) in [6.45, 7) is 1.79. The van der Waals surface area contributed by atoms with Crippen molar-refractivity contribution in [3.8, 4) is 11.3 Å². The molecule has 2 amide bonds. The SMILES string of the molecule is Cc1c(-c2ccccc2)nn2c1NC(=O)C[C@H]2C(=O)Nc1cccc(C(F)(F)F)c1. The number of hydrogen-bond acceptors (Lipinski definition) is 3. The molecule has 0 radical (unpaired) electrons. The van der Waals surface area contributed by atoms with Gasteiger partial charge in [-0.1, -0.05) is 36.4 Å². The van der Waals surface area contributed by atoms with Gasteiger partial charge >= 0.3 is 6.18 Å². The predicted octanol–water partition coefficient (Wildman–Crippen LogP) is 4.40. The second-order valence-corrected chi connectivity index (χ2v) is 6.97. The lowest BCUT2D eigenvalue weighted by Gasteiger charge is -2.24. The molecule has 0 aliphatic carbocycles. The monoisotopic (exact) mass is 414 g/mol. The van der Waals surface area contributed by atoms with Crippen LogP contribution in [0.25, 0.3) is 11.3 Å². The summed E-state index contributed by atoms with van der Waals surface area (Å²) in [5.74, 6) is -0.587. The Hall–Kier alpha value is -3.62. The van der Waals surface area contributed by atoms with Crippen molar-refractivity contribution in [2.24, 2.45) is 0 Å². The molecule has 4 rings (SSSR count). The van der Waals surface area contributed by atoms with Gasteiger partial charge in [0.25, 0.3) is 0 Å². The van der Waals surface area contributed by atoms with Crippen LogP contribution in [0.15, 0.2) is 54.6 Å². The number of carbonyl (C=O) groups is 2. The van der Waals surface area contributed by atoms with E-state index in [4.69, 9.17) is 0 Å². The minimum atomic E-state index is -4.53. The molecular weight excluding hydrogens is 397 g/mol. The number of fused-ring (bicyclic) bond motifs is 1. The number of nitrogens with one attached hydrogen (secondary N) is 2. The number of alkyl halides is 3. The number of hydrogen-bond donors (Lipinski definition) is 2. The Labute approximate surface area is 169 Å². The second kappa shape index (κ2) is 7.33. The van der Waals surface area contributed by atoms with Gasteiger partial charge in [-0.3, -0.25) is 9.59 Å². The van der Waals surface area contributed by atoms with Gasteiger partial charge in [-0.25, -0.2) is 4.68 Å². The predicted molar refractivity (Wildman–Crippen MR) is 105 cm³/mol. The summed E-state index contributed by atoms with van der Waals surface area (Å²) in [5.41, 5.74) is 1.26. The van der Waals surface area contributed by atoms with Gasteiger partial charge in [0.15, 0.2) is 0 Å². The molecule has 1 aliphatic heterocycles. The number of halogens is 3. The summed E-state index contributed by atoms with van der Waals surface area (Å²) < 4.78 is 40.2. The minimum absolute atomic E-state index is 0.00508. The molecule has 1 aromatic heterocycles. The lowest BCUT2D eigenvalue weighted by molar-refractivity contribution is -0.137. The molecule has 1 aliphatic rings. The van der Waals surface area contributed by atoms with Gasteiger partial charge in [0.05, 0.1) is 17.7 Å². The van der Waals surface area contributed by atoms with Crippen LogP contribution in [0.5, 0.6) is 0 Å². The molecule has 0 fully saturated rings. The number of benzene rings is 2. The Morgan fingerprint density at radius 1 is 1.17 bits per heavy atom. The quantitative estimate of drug-likeness (QED) is 0.667. The van der Waals surface area contributed by atoms with Crippen molar-refractivity contribution in [2.75, 3.05) is 10.6 Å². The maximum absolute atomic E-state index is 12.9. The van der Waals surface area contributed by atoms with Gasteiger partial charge in [-0.2, -0.15) is 18.3 Å². The zero-order valence-electron chi connectivity index (χ0n) is 15.8. The van der Waals surface area contributed by atoms with E-state index in [0.717, 1.165) is 17.7 Å². The molecule has 6 nitrogen and oxygen atoms in total. The Kier molecular flexibility index (Phi) is 4.81. The largest absolute Gasteiger partial charge is 0.416 e. The van der Waals surface area contributed by atoms with Crippen molar-refractivity contribution >= 4 is 23.3 Å². The molecule has 3 aromatic rings. The van der Waals surface area contributed by atoms with E-state index in [1.807, 2.05) is 30.3 Å². The first-order chi connectivity index (χ1) is 14.2. The summed E-state index contributed by atoms with van der Waals surface area (Å²) in [4.78, 5) is 25.1. The highest BCUT2D eigenvalue weighted by Crippen LogP contribution is 2.35. The van der Waals surface area contributed by atoms with Crippen LogP contribution in [0.2, 0.25) is 0 Å². The van der Waals surface area contributed by atoms with Gasteiger partial charge in [0, 0.05) is 16.8 Å². The van der Waals surface area contributed by atoms with Crippen molar-refractivity contribution in [2.45, 2.75) is 25.6 Å². The Morgan fingerprint density at radius 2 is 1.90 bits per heavy atom. The van der Waals surface area contributed by atoms with Crippen molar-refractivity contribution in [3.63, 3.8) is 0 Å². The lowest BCUT2D eigenvalue weighted by atomic mass is 10.1.